The summed E-state index contributed by atoms with van der Waals surface area (Å²) in [5.74, 6) is 0.265. The summed E-state index contributed by atoms with van der Waals surface area (Å²) in [6.07, 6.45) is 3.24. The Morgan fingerprint density at radius 3 is 2.44 bits per heavy atom. The van der Waals surface area contributed by atoms with Crippen LogP contribution in [-0.4, -0.2) is 12.5 Å². The highest BCUT2D eigenvalue weighted by Gasteiger charge is 2.21. The van der Waals surface area contributed by atoms with Crippen molar-refractivity contribution >= 4 is 16.9 Å². The highest BCUT2D eigenvalue weighted by molar-refractivity contribution is 6.08. The van der Waals surface area contributed by atoms with Crippen molar-refractivity contribution in [2.75, 3.05) is 6.54 Å². The van der Waals surface area contributed by atoms with Crippen molar-refractivity contribution in [3.63, 3.8) is 0 Å². The second-order valence-electron chi connectivity index (χ2n) is 6.63. The summed E-state index contributed by atoms with van der Waals surface area (Å²) in [6, 6.07) is 14.3. The van der Waals surface area contributed by atoms with Crippen molar-refractivity contribution in [2.24, 2.45) is 0 Å². The minimum Gasteiger partial charge on any atom is -0.450 e. The Morgan fingerprint density at radius 2 is 1.72 bits per heavy atom. The minimum absolute atomic E-state index is 0.138. The highest BCUT2D eigenvalue weighted by atomic mass is 16.3. The van der Waals surface area contributed by atoms with Crippen LogP contribution in [0.3, 0.4) is 0 Å². The van der Waals surface area contributed by atoms with Crippen LogP contribution in [0, 0.1) is 13.8 Å². The maximum Gasteiger partial charge on any atom is 0.287 e. The average molecular weight is 335 g/mol. The predicted octanol–water partition coefficient (Wildman–Crippen LogP) is 5.64. The Labute approximate surface area is 149 Å². The number of rotatable bonds is 6. The molecule has 130 valence electrons. The van der Waals surface area contributed by atoms with Crippen molar-refractivity contribution in [3.05, 3.63) is 59.4 Å². The van der Waals surface area contributed by atoms with Gasteiger partial charge in [0.05, 0.1) is 0 Å². The maximum atomic E-state index is 12.7. The van der Waals surface area contributed by atoms with Gasteiger partial charge in [-0.3, -0.25) is 4.79 Å². The summed E-state index contributed by atoms with van der Waals surface area (Å²) < 4.78 is 5.95. The van der Waals surface area contributed by atoms with Crippen LogP contribution in [0.25, 0.3) is 22.1 Å². The van der Waals surface area contributed by atoms with E-state index in [0.29, 0.717) is 12.3 Å². The van der Waals surface area contributed by atoms with Gasteiger partial charge in [-0.2, -0.15) is 0 Å². The number of nitrogens with one attached hydrogen (secondary N) is 1. The molecule has 0 spiro atoms. The summed E-state index contributed by atoms with van der Waals surface area (Å²) in [7, 11) is 0. The van der Waals surface area contributed by atoms with Crippen LogP contribution in [0.5, 0.6) is 0 Å². The van der Waals surface area contributed by atoms with E-state index in [0.717, 1.165) is 46.9 Å². The number of unbranched alkanes of at least 4 members (excludes halogenated alkanes) is 2. The zero-order valence-corrected chi connectivity index (χ0v) is 15.2. The first-order valence-corrected chi connectivity index (χ1v) is 8.98. The molecule has 1 heterocycles. The van der Waals surface area contributed by atoms with E-state index in [1.54, 1.807) is 0 Å². The number of hydrogen-bond donors (Lipinski definition) is 1. The van der Waals surface area contributed by atoms with Crippen LogP contribution in [0.2, 0.25) is 0 Å². The molecule has 3 rings (SSSR count). The van der Waals surface area contributed by atoms with Crippen molar-refractivity contribution in [3.8, 4) is 11.1 Å². The van der Waals surface area contributed by atoms with Gasteiger partial charge in [0.2, 0.25) is 5.76 Å². The molecule has 3 aromatic rings. The molecule has 0 saturated carbocycles. The summed E-state index contributed by atoms with van der Waals surface area (Å²) in [4.78, 5) is 12.7. The van der Waals surface area contributed by atoms with Crippen LogP contribution in [0.1, 0.15) is 47.9 Å². The van der Waals surface area contributed by atoms with E-state index in [4.69, 9.17) is 4.42 Å². The topological polar surface area (TPSA) is 42.2 Å². The van der Waals surface area contributed by atoms with Gasteiger partial charge in [0.25, 0.3) is 5.91 Å². The van der Waals surface area contributed by atoms with Gasteiger partial charge in [0.1, 0.15) is 5.58 Å². The SMILES string of the molecule is CCCCCNC(=O)c1oc2ccc(C)cc2c1-c1ccc(C)cc1. The van der Waals surface area contributed by atoms with E-state index in [-0.39, 0.29) is 5.91 Å². The standard InChI is InChI=1S/C22H25NO2/c1-4-5-6-13-23-22(24)21-20(17-10-7-15(2)8-11-17)18-14-16(3)9-12-19(18)25-21/h7-12,14H,4-6,13H2,1-3H3,(H,23,24). The van der Waals surface area contributed by atoms with E-state index in [1.165, 1.54) is 5.56 Å². The van der Waals surface area contributed by atoms with Crippen LogP contribution in [0.15, 0.2) is 46.9 Å². The van der Waals surface area contributed by atoms with Gasteiger partial charge in [-0.15, -0.1) is 0 Å². The molecule has 1 aromatic heterocycles. The number of amides is 1. The molecule has 1 amide bonds. The third-order valence-corrected chi connectivity index (χ3v) is 4.46. The molecule has 0 aliphatic heterocycles. The van der Waals surface area contributed by atoms with E-state index in [9.17, 15) is 4.79 Å². The Hall–Kier alpha value is -2.55. The number of carbonyl (C=O) groups excluding carboxylic acids is 1. The summed E-state index contributed by atoms with van der Waals surface area (Å²) in [6.45, 7) is 6.94. The number of furan rings is 1. The number of benzene rings is 2. The van der Waals surface area contributed by atoms with Crippen LogP contribution < -0.4 is 5.32 Å². The van der Waals surface area contributed by atoms with Crippen molar-refractivity contribution in [1.82, 2.24) is 5.32 Å². The Morgan fingerprint density at radius 1 is 1.00 bits per heavy atom. The quantitative estimate of drug-likeness (QED) is 0.593. The number of hydrogen-bond acceptors (Lipinski definition) is 2. The minimum atomic E-state index is -0.138. The summed E-state index contributed by atoms with van der Waals surface area (Å²) >= 11 is 0. The lowest BCUT2D eigenvalue weighted by Gasteiger charge is -2.06. The molecule has 0 aliphatic rings. The van der Waals surface area contributed by atoms with Crippen LogP contribution in [0.4, 0.5) is 0 Å². The van der Waals surface area contributed by atoms with E-state index < -0.39 is 0 Å². The molecule has 0 radical (unpaired) electrons. The fraction of sp³-hybridized carbons (Fsp3) is 0.318. The molecule has 2 aromatic carbocycles. The van der Waals surface area contributed by atoms with Gasteiger partial charge < -0.3 is 9.73 Å². The first kappa shape index (κ1) is 17.3. The first-order valence-electron chi connectivity index (χ1n) is 8.98. The molecular formula is C22H25NO2. The van der Waals surface area contributed by atoms with Crippen molar-refractivity contribution < 1.29 is 9.21 Å². The van der Waals surface area contributed by atoms with Gasteiger partial charge in [0, 0.05) is 17.5 Å². The Bertz CT molecular complexity index is 875. The lowest BCUT2D eigenvalue weighted by Crippen LogP contribution is -2.24. The number of fused-ring (bicyclic) bond motifs is 1. The fourth-order valence-corrected chi connectivity index (χ4v) is 3.04. The molecule has 0 saturated heterocycles. The zero-order chi connectivity index (χ0) is 17.8. The van der Waals surface area contributed by atoms with E-state index in [2.05, 4.69) is 56.4 Å². The lowest BCUT2D eigenvalue weighted by molar-refractivity contribution is 0.0928. The first-order chi connectivity index (χ1) is 12.1. The molecule has 0 aliphatic carbocycles. The summed E-state index contributed by atoms with van der Waals surface area (Å²) in [5, 5.41) is 3.99. The molecule has 0 atom stereocenters. The Balaban J connectivity index is 2.03. The van der Waals surface area contributed by atoms with E-state index >= 15 is 0 Å². The van der Waals surface area contributed by atoms with Gasteiger partial charge in [-0.25, -0.2) is 0 Å². The fourth-order valence-electron chi connectivity index (χ4n) is 3.04. The zero-order valence-electron chi connectivity index (χ0n) is 15.2. The average Bonchev–Trinajstić information content (AvgIpc) is 2.98. The van der Waals surface area contributed by atoms with Gasteiger partial charge in [-0.1, -0.05) is 61.2 Å². The molecule has 0 unspecified atom stereocenters. The monoisotopic (exact) mass is 335 g/mol. The molecule has 3 heteroatoms. The van der Waals surface area contributed by atoms with Gasteiger partial charge in [-0.05, 0) is 38.0 Å². The molecule has 0 fully saturated rings. The molecular weight excluding hydrogens is 310 g/mol. The highest BCUT2D eigenvalue weighted by Crippen LogP contribution is 2.35. The van der Waals surface area contributed by atoms with E-state index in [1.807, 2.05) is 12.1 Å². The molecule has 25 heavy (non-hydrogen) atoms. The predicted molar refractivity (Wildman–Crippen MR) is 103 cm³/mol. The Kier molecular flexibility index (Phi) is 5.22. The normalized spacial score (nSPS) is 11.0. The van der Waals surface area contributed by atoms with Crippen molar-refractivity contribution in [1.29, 1.82) is 0 Å². The van der Waals surface area contributed by atoms with Crippen LogP contribution >= 0.6 is 0 Å². The summed E-state index contributed by atoms with van der Waals surface area (Å²) in [5.41, 5.74) is 4.98. The molecule has 3 nitrogen and oxygen atoms in total. The molecule has 0 bridgehead atoms. The van der Waals surface area contributed by atoms with Gasteiger partial charge >= 0.3 is 0 Å². The van der Waals surface area contributed by atoms with Crippen LogP contribution in [-0.2, 0) is 0 Å². The number of carbonyl (C=O) groups is 1. The second kappa shape index (κ2) is 7.56. The number of aryl methyl sites for hydroxylation is 2. The second-order valence-corrected chi connectivity index (χ2v) is 6.63. The maximum absolute atomic E-state index is 12.7. The third kappa shape index (κ3) is 3.76. The molecule has 1 N–H and O–H groups in total. The van der Waals surface area contributed by atoms with Gasteiger partial charge in [0.15, 0.2) is 0 Å². The van der Waals surface area contributed by atoms with Crippen molar-refractivity contribution in [2.45, 2.75) is 40.0 Å². The lowest BCUT2D eigenvalue weighted by atomic mass is 9.99. The smallest absolute Gasteiger partial charge is 0.287 e. The third-order valence-electron chi connectivity index (χ3n) is 4.46. The largest absolute Gasteiger partial charge is 0.450 e.